The average Bonchev–Trinajstić information content (AvgIpc) is 3.51. The third kappa shape index (κ3) is 3.74. The van der Waals surface area contributed by atoms with Crippen LogP contribution in [0, 0.1) is 11.7 Å². The van der Waals surface area contributed by atoms with Crippen molar-refractivity contribution < 1.29 is 22.4 Å². The van der Waals surface area contributed by atoms with Crippen molar-refractivity contribution in [1.29, 1.82) is 0 Å². The molecule has 1 atom stereocenters. The van der Waals surface area contributed by atoms with Gasteiger partial charge in [-0.05, 0) is 43.0 Å². The molecule has 0 saturated heterocycles. The van der Waals surface area contributed by atoms with Crippen LogP contribution in [-0.4, -0.2) is 32.7 Å². The van der Waals surface area contributed by atoms with Gasteiger partial charge in [0.2, 0.25) is 5.43 Å². The Bertz CT molecular complexity index is 1210. The van der Waals surface area contributed by atoms with Gasteiger partial charge in [0, 0.05) is 12.4 Å². The molecule has 3 aromatic rings. The molecular weight excluding hydrogens is 428 g/mol. The van der Waals surface area contributed by atoms with Crippen molar-refractivity contribution in [3.8, 4) is 5.82 Å². The lowest BCUT2D eigenvalue weighted by Gasteiger charge is -2.21. The normalized spacial score (nSPS) is 15.2. The minimum absolute atomic E-state index is 0.00457. The molecule has 1 aliphatic rings. The molecule has 11 heteroatoms. The first-order chi connectivity index (χ1) is 14.2. The number of fused-ring (bicyclic) bond motifs is 1. The van der Waals surface area contributed by atoms with Gasteiger partial charge in [-0.1, -0.05) is 11.6 Å². The van der Waals surface area contributed by atoms with Gasteiger partial charge in [0.15, 0.2) is 17.3 Å². The Kier molecular flexibility index (Phi) is 4.97. The second-order valence-corrected chi connectivity index (χ2v) is 7.27. The van der Waals surface area contributed by atoms with Crippen molar-refractivity contribution in [2.75, 3.05) is 0 Å². The molecular formula is C19H13ClF4N4O2. The van der Waals surface area contributed by atoms with Crippen molar-refractivity contribution in [2.45, 2.75) is 25.1 Å². The number of nitrogens with one attached hydrogen (secondary N) is 1. The Balaban J connectivity index is 1.88. The summed E-state index contributed by atoms with van der Waals surface area (Å²) >= 11 is 5.89. The fraction of sp³-hybridized carbons (Fsp3) is 0.263. The Hall–Kier alpha value is -3.01. The van der Waals surface area contributed by atoms with Gasteiger partial charge in [-0.15, -0.1) is 0 Å². The minimum atomic E-state index is -4.66. The Morgan fingerprint density at radius 1 is 1.27 bits per heavy atom. The van der Waals surface area contributed by atoms with E-state index in [4.69, 9.17) is 11.6 Å². The summed E-state index contributed by atoms with van der Waals surface area (Å²) in [6.45, 7) is 0. The van der Waals surface area contributed by atoms with Crippen LogP contribution in [0.4, 0.5) is 17.6 Å². The first-order valence-electron chi connectivity index (χ1n) is 8.87. The Morgan fingerprint density at radius 3 is 2.63 bits per heavy atom. The number of pyridine rings is 3. The van der Waals surface area contributed by atoms with Crippen molar-refractivity contribution >= 4 is 28.5 Å². The molecule has 1 unspecified atom stereocenters. The summed E-state index contributed by atoms with van der Waals surface area (Å²) in [7, 11) is 0. The Labute approximate surface area is 171 Å². The number of nitrogens with zero attached hydrogens (tertiary/aromatic N) is 3. The van der Waals surface area contributed by atoms with E-state index in [9.17, 15) is 27.2 Å². The number of hydrogen-bond acceptors (Lipinski definition) is 4. The standard InChI is InChI=1S/C19H13ClF4N4O2/c20-13-6-5-10-14(29)11(18(30)27-15(9-3-4-9)19(22,23)24)8-28(16(10)26-13)17-12(21)2-1-7-25-17/h1-2,5-9,15H,3-4H2,(H,27,30). The van der Waals surface area contributed by atoms with E-state index in [0.717, 1.165) is 16.8 Å². The maximum absolute atomic E-state index is 14.3. The molecule has 0 aromatic carbocycles. The molecule has 0 radical (unpaired) electrons. The summed E-state index contributed by atoms with van der Waals surface area (Å²) in [5.74, 6) is -3.02. The van der Waals surface area contributed by atoms with Gasteiger partial charge in [0.1, 0.15) is 16.8 Å². The predicted octanol–water partition coefficient (Wildman–Crippen LogP) is 3.64. The molecule has 1 aliphatic carbocycles. The molecule has 0 spiro atoms. The second-order valence-electron chi connectivity index (χ2n) is 6.89. The fourth-order valence-corrected chi connectivity index (χ4v) is 3.32. The van der Waals surface area contributed by atoms with Crippen LogP contribution in [0.3, 0.4) is 0 Å². The summed E-state index contributed by atoms with van der Waals surface area (Å²) in [6.07, 6.45) is -1.80. The molecule has 0 bridgehead atoms. The monoisotopic (exact) mass is 440 g/mol. The van der Waals surface area contributed by atoms with Gasteiger partial charge in [-0.25, -0.2) is 14.4 Å². The topological polar surface area (TPSA) is 76.9 Å². The second kappa shape index (κ2) is 7.35. The third-order valence-corrected chi connectivity index (χ3v) is 4.97. The van der Waals surface area contributed by atoms with Gasteiger partial charge in [-0.3, -0.25) is 14.2 Å². The van der Waals surface area contributed by atoms with Crippen LogP contribution in [0.1, 0.15) is 23.2 Å². The van der Waals surface area contributed by atoms with E-state index in [2.05, 4.69) is 9.97 Å². The zero-order valence-electron chi connectivity index (χ0n) is 15.1. The quantitative estimate of drug-likeness (QED) is 0.496. The lowest BCUT2D eigenvalue weighted by Crippen LogP contribution is -2.48. The first-order valence-corrected chi connectivity index (χ1v) is 9.25. The van der Waals surface area contributed by atoms with E-state index >= 15 is 0 Å². The summed E-state index contributed by atoms with van der Waals surface area (Å²) in [6, 6.07) is 2.92. The highest BCUT2D eigenvalue weighted by molar-refractivity contribution is 6.29. The number of aromatic nitrogens is 3. The SMILES string of the molecule is O=C(NC(C1CC1)C(F)(F)F)c1cn(-c2ncccc2F)c2nc(Cl)ccc2c1=O. The van der Waals surface area contributed by atoms with Gasteiger partial charge in [-0.2, -0.15) is 13.2 Å². The molecule has 30 heavy (non-hydrogen) atoms. The molecule has 3 aromatic heterocycles. The van der Waals surface area contributed by atoms with Gasteiger partial charge in [0.25, 0.3) is 5.91 Å². The van der Waals surface area contributed by atoms with Crippen LogP contribution in [0.2, 0.25) is 5.15 Å². The van der Waals surface area contributed by atoms with E-state index < -0.39 is 40.9 Å². The molecule has 4 rings (SSSR count). The smallest absolute Gasteiger partial charge is 0.340 e. The summed E-state index contributed by atoms with van der Waals surface area (Å²) < 4.78 is 55.3. The van der Waals surface area contributed by atoms with E-state index in [1.54, 1.807) is 0 Å². The summed E-state index contributed by atoms with van der Waals surface area (Å²) in [4.78, 5) is 33.4. The first kappa shape index (κ1) is 20.3. The molecule has 1 N–H and O–H groups in total. The van der Waals surface area contributed by atoms with Crippen LogP contribution >= 0.6 is 11.6 Å². The largest absolute Gasteiger partial charge is 0.408 e. The molecule has 1 amide bonds. The number of halogens is 5. The number of carbonyl (C=O) groups excluding carboxylic acids is 1. The lowest BCUT2D eigenvalue weighted by atomic mass is 10.1. The molecule has 3 heterocycles. The summed E-state index contributed by atoms with van der Waals surface area (Å²) in [5, 5.41) is 1.78. The number of hydrogen-bond donors (Lipinski definition) is 1. The molecule has 6 nitrogen and oxygen atoms in total. The molecule has 1 fully saturated rings. The van der Waals surface area contributed by atoms with Crippen molar-refractivity contribution in [3.63, 3.8) is 0 Å². The number of alkyl halides is 3. The zero-order valence-corrected chi connectivity index (χ0v) is 15.8. The van der Waals surface area contributed by atoms with Gasteiger partial charge < -0.3 is 5.32 Å². The maximum atomic E-state index is 14.3. The van der Waals surface area contributed by atoms with Crippen molar-refractivity contribution in [2.24, 2.45) is 5.92 Å². The highest BCUT2D eigenvalue weighted by Crippen LogP contribution is 2.40. The Morgan fingerprint density at radius 2 is 2.00 bits per heavy atom. The van der Waals surface area contributed by atoms with Crippen LogP contribution in [-0.2, 0) is 0 Å². The van der Waals surface area contributed by atoms with Crippen molar-refractivity contribution in [1.82, 2.24) is 19.9 Å². The van der Waals surface area contributed by atoms with E-state index in [1.807, 2.05) is 5.32 Å². The van der Waals surface area contributed by atoms with Gasteiger partial charge >= 0.3 is 6.18 Å². The lowest BCUT2D eigenvalue weighted by molar-refractivity contribution is -0.158. The van der Waals surface area contributed by atoms with Crippen LogP contribution in [0.5, 0.6) is 0 Å². The van der Waals surface area contributed by atoms with Crippen LogP contribution in [0.25, 0.3) is 16.9 Å². The highest BCUT2D eigenvalue weighted by atomic mass is 35.5. The molecule has 1 saturated carbocycles. The number of amides is 1. The number of carbonyl (C=O) groups is 1. The average molecular weight is 441 g/mol. The van der Waals surface area contributed by atoms with Crippen molar-refractivity contribution in [3.05, 3.63) is 63.4 Å². The van der Waals surface area contributed by atoms with Gasteiger partial charge in [0.05, 0.1) is 5.39 Å². The minimum Gasteiger partial charge on any atom is -0.340 e. The highest BCUT2D eigenvalue weighted by Gasteiger charge is 2.49. The fourth-order valence-electron chi connectivity index (χ4n) is 3.17. The maximum Gasteiger partial charge on any atom is 0.408 e. The van der Waals surface area contributed by atoms with E-state index in [0.29, 0.717) is 12.8 Å². The number of rotatable bonds is 4. The third-order valence-electron chi connectivity index (χ3n) is 4.76. The zero-order chi connectivity index (χ0) is 21.6. The molecule has 156 valence electrons. The van der Waals surface area contributed by atoms with E-state index in [1.165, 1.54) is 24.4 Å². The molecule has 0 aliphatic heterocycles. The van der Waals surface area contributed by atoms with Crippen LogP contribution < -0.4 is 10.7 Å². The summed E-state index contributed by atoms with van der Waals surface area (Å²) in [5.41, 5.74) is -1.53. The van der Waals surface area contributed by atoms with E-state index in [-0.39, 0.29) is 22.0 Å². The predicted molar refractivity (Wildman–Crippen MR) is 100 cm³/mol. The van der Waals surface area contributed by atoms with Crippen LogP contribution in [0.15, 0.2) is 41.5 Å².